The fraction of sp³-hybridized carbons (Fsp3) is 0.102. The fourth-order valence-electron chi connectivity index (χ4n) is 9.76. The minimum Gasteiger partial charge on any atom is -0.309 e. The summed E-state index contributed by atoms with van der Waals surface area (Å²) in [4.78, 5) is 2.17. The van der Waals surface area contributed by atoms with Gasteiger partial charge in [-0.2, -0.15) is 10.5 Å². The second-order valence-corrected chi connectivity index (χ2v) is 15.2. The number of para-hydroxylation sites is 3. The van der Waals surface area contributed by atoms with Crippen molar-refractivity contribution >= 4 is 62.0 Å². The molecular weight excluding hydrogens is 655 g/mol. The van der Waals surface area contributed by atoms with Crippen molar-refractivity contribution in [3.8, 4) is 29.0 Å². The SMILES string of the molecule is Cc1cccc(C)c1B1c2ccccc2N(c2c(C#N)ccc(-n3c4ccccc4c4ccc5c(c43)C(C)(C)c3ccccc3-5)c2C#N)c2ccccc21. The zero-order valence-corrected chi connectivity index (χ0v) is 30.6. The van der Waals surface area contributed by atoms with E-state index in [2.05, 4.69) is 177 Å². The Morgan fingerprint density at radius 2 is 1.22 bits per heavy atom. The number of hydrogen-bond acceptors (Lipinski definition) is 3. The summed E-state index contributed by atoms with van der Waals surface area (Å²) in [5.41, 5.74) is 17.1. The quantitative estimate of drug-likeness (QED) is 0.174. The van der Waals surface area contributed by atoms with Gasteiger partial charge in [-0.1, -0.05) is 140 Å². The molecule has 4 nitrogen and oxygen atoms in total. The largest absolute Gasteiger partial charge is 0.309 e. The van der Waals surface area contributed by atoms with Gasteiger partial charge in [-0.25, -0.2) is 0 Å². The van der Waals surface area contributed by atoms with E-state index >= 15 is 0 Å². The normalized spacial score (nSPS) is 13.6. The van der Waals surface area contributed by atoms with Gasteiger partial charge >= 0.3 is 0 Å². The highest BCUT2D eigenvalue weighted by Gasteiger charge is 2.40. The molecule has 254 valence electrons. The van der Waals surface area contributed by atoms with Crippen LogP contribution in [0, 0.1) is 36.5 Å². The van der Waals surface area contributed by atoms with Crippen LogP contribution in [0.5, 0.6) is 0 Å². The number of benzene rings is 7. The predicted molar refractivity (Wildman–Crippen MR) is 223 cm³/mol. The van der Waals surface area contributed by atoms with Crippen LogP contribution >= 0.6 is 0 Å². The number of anilines is 3. The van der Waals surface area contributed by atoms with Crippen LogP contribution in [0.1, 0.15) is 47.2 Å². The molecule has 54 heavy (non-hydrogen) atoms. The minimum atomic E-state index is -0.284. The van der Waals surface area contributed by atoms with E-state index in [1.54, 1.807) is 0 Å². The van der Waals surface area contributed by atoms with Crippen LogP contribution in [0.4, 0.5) is 17.1 Å². The second kappa shape index (κ2) is 11.6. The zero-order chi connectivity index (χ0) is 36.9. The van der Waals surface area contributed by atoms with Gasteiger partial charge in [0.25, 0.3) is 0 Å². The first-order chi connectivity index (χ1) is 26.3. The summed E-state index contributed by atoms with van der Waals surface area (Å²) < 4.78 is 2.29. The van der Waals surface area contributed by atoms with E-state index in [1.807, 2.05) is 12.1 Å². The van der Waals surface area contributed by atoms with Crippen LogP contribution in [-0.2, 0) is 5.41 Å². The van der Waals surface area contributed by atoms with E-state index < -0.39 is 0 Å². The Kier molecular flexibility index (Phi) is 6.85. The second-order valence-electron chi connectivity index (χ2n) is 15.2. The number of aromatic nitrogens is 1. The Morgan fingerprint density at radius 1 is 0.574 bits per heavy atom. The standard InChI is InChI=1S/C49H35BN4/c1-30-14-13-15-31(2)46(30)50-39-19-8-11-22-43(39)54(44-23-12-9-20-40(44)50)47-32(28-51)24-27-42(37(47)29-52)53-41-21-10-6-17-34(41)36-26-25-35-33-16-5-7-18-38(33)49(3,4)45(35)48(36)53/h5-27H,1-4H3. The Labute approximate surface area is 315 Å². The van der Waals surface area contributed by atoms with Crippen LogP contribution in [0.25, 0.3) is 38.6 Å². The van der Waals surface area contributed by atoms with Gasteiger partial charge in [0.05, 0.1) is 28.0 Å². The minimum absolute atomic E-state index is 0.0158. The van der Waals surface area contributed by atoms with Gasteiger partial charge in [-0.3, -0.25) is 0 Å². The number of aryl methyl sites for hydroxylation is 2. The highest BCUT2D eigenvalue weighted by molar-refractivity contribution is 6.98. The lowest BCUT2D eigenvalue weighted by molar-refractivity contribution is 0.664. The van der Waals surface area contributed by atoms with E-state index in [1.165, 1.54) is 38.8 Å². The van der Waals surface area contributed by atoms with Crippen LogP contribution in [-0.4, -0.2) is 11.3 Å². The number of nitriles is 2. The molecule has 7 aromatic carbocycles. The van der Waals surface area contributed by atoms with Crippen molar-refractivity contribution < 1.29 is 0 Å². The van der Waals surface area contributed by atoms with Crippen LogP contribution in [0.2, 0.25) is 0 Å². The van der Waals surface area contributed by atoms with E-state index in [0.29, 0.717) is 16.8 Å². The molecule has 1 aliphatic heterocycles. The van der Waals surface area contributed by atoms with Crippen molar-refractivity contribution in [2.45, 2.75) is 33.1 Å². The molecule has 5 heteroatoms. The molecule has 0 amide bonds. The average Bonchev–Trinajstić information content (AvgIpc) is 3.65. The fourth-order valence-corrected chi connectivity index (χ4v) is 9.76. The van der Waals surface area contributed by atoms with E-state index in [0.717, 1.165) is 49.8 Å². The van der Waals surface area contributed by atoms with Crippen molar-refractivity contribution in [1.29, 1.82) is 10.5 Å². The van der Waals surface area contributed by atoms with Gasteiger partial charge < -0.3 is 9.47 Å². The maximum Gasteiger partial charge on any atom is 0.247 e. The van der Waals surface area contributed by atoms with Crippen molar-refractivity contribution in [3.63, 3.8) is 0 Å². The van der Waals surface area contributed by atoms with Gasteiger partial charge in [0.15, 0.2) is 0 Å². The van der Waals surface area contributed by atoms with Gasteiger partial charge in [-0.15, -0.1) is 0 Å². The van der Waals surface area contributed by atoms with Crippen molar-refractivity contribution in [2.75, 3.05) is 4.90 Å². The Balaban J connectivity index is 1.31. The molecule has 1 aromatic heterocycles. The van der Waals surface area contributed by atoms with Gasteiger partial charge in [0.2, 0.25) is 6.71 Å². The Bertz CT molecular complexity index is 2920. The Morgan fingerprint density at radius 3 is 1.93 bits per heavy atom. The Hall–Kier alpha value is -6.82. The van der Waals surface area contributed by atoms with E-state index in [4.69, 9.17) is 0 Å². The van der Waals surface area contributed by atoms with Crippen LogP contribution in [0.15, 0.2) is 140 Å². The first kappa shape index (κ1) is 31.9. The molecule has 0 N–H and O–H groups in total. The number of nitrogens with zero attached hydrogens (tertiary/aromatic N) is 4. The number of rotatable bonds is 3. The third-order valence-electron chi connectivity index (χ3n) is 12.0. The summed E-state index contributed by atoms with van der Waals surface area (Å²) in [6.45, 7) is 8.98. The van der Waals surface area contributed by atoms with Crippen molar-refractivity contribution in [3.05, 3.63) is 173 Å². The summed E-state index contributed by atoms with van der Waals surface area (Å²) in [7, 11) is 0. The van der Waals surface area contributed by atoms with E-state index in [9.17, 15) is 10.5 Å². The maximum atomic E-state index is 11.4. The third-order valence-corrected chi connectivity index (χ3v) is 12.0. The molecule has 0 atom stereocenters. The first-order valence-electron chi connectivity index (χ1n) is 18.5. The zero-order valence-electron chi connectivity index (χ0n) is 30.6. The topological polar surface area (TPSA) is 55.8 Å². The summed E-state index contributed by atoms with van der Waals surface area (Å²) in [5, 5.41) is 24.5. The molecule has 0 unspecified atom stereocenters. The third kappa shape index (κ3) is 4.19. The molecule has 0 fully saturated rings. The molecule has 0 radical (unpaired) electrons. The molecule has 8 aromatic rings. The lowest BCUT2D eigenvalue weighted by atomic mass is 9.34. The molecule has 2 aliphatic rings. The monoisotopic (exact) mass is 690 g/mol. The average molecular weight is 691 g/mol. The number of fused-ring (bicyclic) bond motifs is 9. The molecule has 0 spiro atoms. The molecule has 1 aliphatic carbocycles. The highest BCUT2D eigenvalue weighted by Crippen LogP contribution is 2.53. The predicted octanol–water partition coefficient (Wildman–Crippen LogP) is 9.75. The number of hydrogen-bond donors (Lipinski definition) is 0. The summed E-state index contributed by atoms with van der Waals surface area (Å²) in [6, 6.07) is 54.2. The van der Waals surface area contributed by atoms with Crippen molar-refractivity contribution in [2.24, 2.45) is 0 Å². The lowest BCUT2D eigenvalue weighted by Crippen LogP contribution is -2.58. The van der Waals surface area contributed by atoms with Gasteiger partial charge in [0.1, 0.15) is 17.7 Å². The lowest BCUT2D eigenvalue weighted by Gasteiger charge is -2.38. The maximum absolute atomic E-state index is 11.4. The molecule has 0 saturated carbocycles. The summed E-state index contributed by atoms with van der Waals surface area (Å²) in [6.07, 6.45) is 0. The van der Waals surface area contributed by atoms with Crippen LogP contribution in [0.3, 0.4) is 0 Å². The van der Waals surface area contributed by atoms with Crippen LogP contribution < -0.4 is 21.3 Å². The summed E-state index contributed by atoms with van der Waals surface area (Å²) in [5.74, 6) is 0. The molecule has 0 bridgehead atoms. The van der Waals surface area contributed by atoms with Gasteiger partial charge in [-0.05, 0) is 77.4 Å². The molecule has 10 rings (SSSR count). The van der Waals surface area contributed by atoms with Gasteiger partial charge in [0, 0.05) is 27.6 Å². The van der Waals surface area contributed by atoms with E-state index in [-0.39, 0.29) is 12.1 Å². The smallest absolute Gasteiger partial charge is 0.247 e. The molecule has 0 saturated heterocycles. The molecular formula is C49H35BN4. The first-order valence-corrected chi connectivity index (χ1v) is 18.5. The summed E-state index contributed by atoms with van der Waals surface area (Å²) >= 11 is 0. The highest BCUT2D eigenvalue weighted by atomic mass is 15.2. The van der Waals surface area contributed by atoms with Crippen molar-refractivity contribution in [1.82, 2.24) is 4.57 Å². The molecule has 2 heterocycles.